The third-order valence-electron chi connectivity index (χ3n) is 4.33. The number of halogens is 2. The van der Waals surface area contributed by atoms with Crippen LogP contribution in [0, 0.1) is 0 Å². The molecule has 0 bridgehead atoms. The topological polar surface area (TPSA) is 49.4 Å². The average Bonchev–Trinajstić information content (AvgIpc) is 2.67. The number of carbonyl (C=O) groups is 2. The quantitative estimate of drug-likeness (QED) is 0.499. The van der Waals surface area contributed by atoms with Gasteiger partial charge in [0.1, 0.15) is 6.04 Å². The van der Waals surface area contributed by atoms with Crippen molar-refractivity contribution in [1.29, 1.82) is 0 Å². The fourth-order valence-electron chi connectivity index (χ4n) is 2.77. The number of hydrogen-bond acceptors (Lipinski definition) is 3. The lowest BCUT2D eigenvalue weighted by molar-refractivity contribution is -0.140. The number of carbonyl (C=O) groups excluding carboxylic acids is 2. The molecular weight excluding hydrogens is 439 g/mol. The Kier molecular flexibility index (Phi) is 9.08. The van der Waals surface area contributed by atoms with Crippen LogP contribution < -0.4 is 5.32 Å². The molecule has 0 aromatic heterocycles. The molecule has 162 valence electrons. The molecule has 2 rings (SSSR count). The lowest BCUT2D eigenvalue weighted by Crippen LogP contribution is -2.52. The van der Waals surface area contributed by atoms with E-state index in [9.17, 15) is 9.59 Å². The minimum Gasteiger partial charge on any atom is -0.350 e. The number of nitrogens with zero attached hydrogens (tertiary/aromatic N) is 1. The minimum atomic E-state index is -0.590. The molecule has 7 heteroatoms. The third-order valence-corrected chi connectivity index (χ3v) is 5.85. The number of rotatable bonds is 8. The van der Waals surface area contributed by atoms with E-state index in [1.807, 2.05) is 57.2 Å². The Morgan fingerprint density at radius 2 is 1.53 bits per heavy atom. The zero-order valence-electron chi connectivity index (χ0n) is 17.7. The molecule has 1 atom stereocenters. The van der Waals surface area contributed by atoms with Gasteiger partial charge in [-0.3, -0.25) is 9.59 Å². The number of amides is 2. The van der Waals surface area contributed by atoms with Crippen LogP contribution in [0.2, 0.25) is 10.0 Å². The molecule has 0 fully saturated rings. The Morgan fingerprint density at radius 1 is 1.00 bits per heavy atom. The van der Waals surface area contributed by atoms with Gasteiger partial charge in [-0.15, -0.1) is 11.8 Å². The van der Waals surface area contributed by atoms with Crippen molar-refractivity contribution in [3.8, 4) is 0 Å². The van der Waals surface area contributed by atoms with Crippen LogP contribution in [0.25, 0.3) is 0 Å². The Bertz CT molecular complexity index is 849. The highest BCUT2D eigenvalue weighted by atomic mass is 35.5. The van der Waals surface area contributed by atoms with Crippen molar-refractivity contribution in [3.63, 3.8) is 0 Å². The predicted molar refractivity (Wildman–Crippen MR) is 126 cm³/mol. The van der Waals surface area contributed by atoms with Gasteiger partial charge in [-0.1, -0.05) is 35.3 Å². The SMILES string of the molecule is C[C@H](C(=O)NC(C)(C)C)N(Cc1ccc(Cl)cc1)C(=O)CCSc1ccc(Cl)cc1. The largest absolute Gasteiger partial charge is 0.350 e. The van der Waals surface area contributed by atoms with E-state index < -0.39 is 6.04 Å². The van der Waals surface area contributed by atoms with Crippen LogP contribution in [0.1, 0.15) is 39.7 Å². The van der Waals surface area contributed by atoms with Crippen LogP contribution in [0.4, 0.5) is 0 Å². The second kappa shape index (κ2) is 11.1. The molecule has 30 heavy (non-hydrogen) atoms. The first-order valence-electron chi connectivity index (χ1n) is 9.79. The van der Waals surface area contributed by atoms with E-state index in [0.29, 0.717) is 28.8 Å². The summed E-state index contributed by atoms with van der Waals surface area (Å²) < 4.78 is 0. The van der Waals surface area contributed by atoms with E-state index in [-0.39, 0.29) is 17.4 Å². The van der Waals surface area contributed by atoms with Gasteiger partial charge in [-0.2, -0.15) is 0 Å². The first-order chi connectivity index (χ1) is 14.0. The predicted octanol–water partition coefficient (Wildman–Crippen LogP) is 5.81. The first kappa shape index (κ1) is 24.6. The normalized spacial score (nSPS) is 12.3. The zero-order chi connectivity index (χ0) is 22.3. The highest BCUT2D eigenvalue weighted by Gasteiger charge is 2.28. The lowest BCUT2D eigenvalue weighted by atomic mass is 10.1. The van der Waals surface area contributed by atoms with E-state index in [4.69, 9.17) is 23.2 Å². The van der Waals surface area contributed by atoms with Gasteiger partial charge in [0.15, 0.2) is 0 Å². The summed E-state index contributed by atoms with van der Waals surface area (Å²) in [5.41, 5.74) is 0.554. The lowest BCUT2D eigenvalue weighted by Gasteiger charge is -2.31. The van der Waals surface area contributed by atoms with Gasteiger partial charge in [-0.25, -0.2) is 0 Å². The molecule has 0 aliphatic heterocycles. The summed E-state index contributed by atoms with van der Waals surface area (Å²) in [5, 5.41) is 4.28. The summed E-state index contributed by atoms with van der Waals surface area (Å²) in [6.07, 6.45) is 0.327. The van der Waals surface area contributed by atoms with Crippen molar-refractivity contribution in [2.24, 2.45) is 0 Å². The summed E-state index contributed by atoms with van der Waals surface area (Å²) >= 11 is 13.5. The monoisotopic (exact) mass is 466 g/mol. The molecule has 0 heterocycles. The Hall–Kier alpha value is -1.69. The fourth-order valence-corrected chi connectivity index (χ4v) is 3.87. The maximum atomic E-state index is 13.1. The smallest absolute Gasteiger partial charge is 0.242 e. The molecule has 2 amide bonds. The maximum Gasteiger partial charge on any atom is 0.242 e. The summed E-state index contributed by atoms with van der Waals surface area (Å²) in [4.78, 5) is 28.5. The first-order valence-corrected chi connectivity index (χ1v) is 11.5. The zero-order valence-corrected chi connectivity index (χ0v) is 20.1. The van der Waals surface area contributed by atoms with Crippen molar-refractivity contribution >= 4 is 46.8 Å². The van der Waals surface area contributed by atoms with Crippen molar-refractivity contribution in [1.82, 2.24) is 10.2 Å². The standard InChI is InChI=1S/C23H28Cl2N2O2S/c1-16(22(29)26-23(2,3)4)27(15-17-5-7-18(24)8-6-17)21(28)13-14-30-20-11-9-19(25)10-12-20/h5-12,16H,13-15H2,1-4H3,(H,26,29)/t16-/m1/s1. The Balaban J connectivity index is 2.08. The van der Waals surface area contributed by atoms with Gasteiger partial charge in [-0.05, 0) is 69.7 Å². The molecule has 2 aromatic carbocycles. The summed E-state index contributed by atoms with van der Waals surface area (Å²) in [6, 6.07) is 14.3. The minimum absolute atomic E-state index is 0.0667. The van der Waals surface area contributed by atoms with Gasteiger partial charge in [0.05, 0.1) is 0 Å². The van der Waals surface area contributed by atoms with Crippen LogP contribution in [-0.2, 0) is 16.1 Å². The molecule has 0 radical (unpaired) electrons. The van der Waals surface area contributed by atoms with Gasteiger partial charge in [0.25, 0.3) is 0 Å². The molecule has 4 nitrogen and oxygen atoms in total. The van der Waals surface area contributed by atoms with Crippen molar-refractivity contribution in [3.05, 3.63) is 64.1 Å². The number of benzene rings is 2. The molecule has 0 spiro atoms. The third kappa shape index (κ3) is 8.21. The van der Waals surface area contributed by atoms with Gasteiger partial charge in [0, 0.05) is 39.2 Å². The van der Waals surface area contributed by atoms with Gasteiger partial charge in [0.2, 0.25) is 11.8 Å². The van der Waals surface area contributed by atoms with E-state index in [2.05, 4.69) is 5.32 Å². The Morgan fingerprint density at radius 3 is 2.07 bits per heavy atom. The molecular formula is C23H28Cl2N2O2S. The van der Waals surface area contributed by atoms with E-state index in [1.54, 1.807) is 35.7 Å². The summed E-state index contributed by atoms with van der Waals surface area (Å²) in [5.74, 6) is 0.378. The van der Waals surface area contributed by atoms with Crippen LogP contribution >= 0.6 is 35.0 Å². The van der Waals surface area contributed by atoms with Crippen molar-refractivity contribution in [2.45, 2.75) is 57.1 Å². The van der Waals surface area contributed by atoms with Crippen LogP contribution in [-0.4, -0.2) is 34.0 Å². The van der Waals surface area contributed by atoms with Crippen molar-refractivity contribution in [2.75, 3.05) is 5.75 Å². The fraction of sp³-hybridized carbons (Fsp3) is 0.391. The van der Waals surface area contributed by atoms with Gasteiger partial charge >= 0.3 is 0 Å². The van der Waals surface area contributed by atoms with Gasteiger partial charge < -0.3 is 10.2 Å². The van der Waals surface area contributed by atoms with Crippen LogP contribution in [0.3, 0.4) is 0 Å². The van der Waals surface area contributed by atoms with E-state index >= 15 is 0 Å². The number of nitrogens with one attached hydrogen (secondary N) is 1. The second-order valence-corrected chi connectivity index (χ2v) is 10.2. The molecule has 0 unspecified atom stereocenters. The highest BCUT2D eigenvalue weighted by Crippen LogP contribution is 2.22. The maximum absolute atomic E-state index is 13.1. The summed E-state index contributed by atoms with van der Waals surface area (Å²) in [7, 11) is 0. The number of hydrogen-bond donors (Lipinski definition) is 1. The molecule has 2 aromatic rings. The van der Waals surface area contributed by atoms with E-state index in [1.165, 1.54) is 0 Å². The van der Waals surface area contributed by atoms with Crippen LogP contribution in [0.5, 0.6) is 0 Å². The number of thioether (sulfide) groups is 1. The molecule has 0 aliphatic carbocycles. The Labute approximate surface area is 193 Å². The van der Waals surface area contributed by atoms with E-state index in [0.717, 1.165) is 10.5 Å². The van der Waals surface area contributed by atoms with Crippen LogP contribution in [0.15, 0.2) is 53.4 Å². The molecule has 0 aliphatic rings. The highest BCUT2D eigenvalue weighted by molar-refractivity contribution is 7.99. The molecule has 0 saturated carbocycles. The second-order valence-electron chi connectivity index (χ2n) is 8.12. The molecule has 0 saturated heterocycles. The van der Waals surface area contributed by atoms with Crippen molar-refractivity contribution < 1.29 is 9.59 Å². The summed E-state index contributed by atoms with van der Waals surface area (Å²) in [6.45, 7) is 7.88. The molecule has 1 N–H and O–H groups in total. The average molecular weight is 467 g/mol.